The van der Waals surface area contributed by atoms with Gasteiger partial charge >= 0.3 is 0 Å². The van der Waals surface area contributed by atoms with Gasteiger partial charge < -0.3 is 4.74 Å². The summed E-state index contributed by atoms with van der Waals surface area (Å²) in [6.07, 6.45) is 6.67. The Morgan fingerprint density at radius 3 is 2.80 bits per heavy atom. The second-order valence-corrected chi connectivity index (χ2v) is 3.10. The van der Waals surface area contributed by atoms with Crippen molar-refractivity contribution in [3.05, 3.63) is 6.04 Å². The van der Waals surface area contributed by atoms with E-state index in [0.717, 1.165) is 6.61 Å². The molecule has 2 fully saturated rings. The highest BCUT2D eigenvalue weighted by Gasteiger charge is 2.26. The predicted octanol–water partition coefficient (Wildman–Crippen LogP) is 1.43. The molecule has 2 aliphatic rings. The van der Waals surface area contributed by atoms with Crippen LogP contribution in [0, 0.1) is 6.04 Å². The Labute approximate surface area is 61.9 Å². The number of hydrogen-bond donors (Lipinski definition) is 1. The topological polar surface area (TPSA) is 21.3 Å². The number of nitrogens with one attached hydrogen (secondary N) is 1. The summed E-state index contributed by atoms with van der Waals surface area (Å²) >= 11 is 0. The molecule has 0 aromatic carbocycles. The molecule has 0 spiro atoms. The van der Waals surface area contributed by atoms with Crippen molar-refractivity contribution in [1.29, 1.82) is 0 Å². The lowest BCUT2D eigenvalue weighted by Crippen LogP contribution is -2.33. The van der Waals surface area contributed by atoms with Gasteiger partial charge in [-0.25, -0.2) is 0 Å². The maximum absolute atomic E-state index is 5.50. The molecule has 2 rings (SSSR count). The lowest BCUT2D eigenvalue weighted by Gasteiger charge is -2.23. The van der Waals surface area contributed by atoms with Crippen LogP contribution in [0.5, 0.6) is 0 Å². The zero-order valence-corrected chi connectivity index (χ0v) is 6.23. The molecule has 0 bridgehead atoms. The van der Waals surface area contributed by atoms with Gasteiger partial charge in [-0.15, -0.1) is 0 Å². The van der Waals surface area contributed by atoms with E-state index >= 15 is 0 Å². The summed E-state index contributed by atoms with van der Waals surface area (Å²) in [6, 6.07) is 1.49. The zero-order chi connectivity index (χ0) is 6.81. The van der Waals surface area contributed by atoms with E-state index in [1.54, 1.807) is 0 Å². The fourth-order valence-corrected chi connectivity index (χ4v) is 1.29. The van der Waals surface area contributed by atoms with Crippen molar-refractivity contribution >= 4 is 0 Å². The lowest BCUT2D eigenvalue weighted by atomic mass is 10.2. The average molecular weight is 140 g/mol. The van der Waals surface area contributed by atoms with E-state index in [-0.39, 0.29) is 0 Å². The summed E-state index contributed by atoms with van der Waals surface area (Å²) in [5, 5.41) is 3.39. The molecule has 0 amide bonds. The molecule has 2 nitrogen and oxygen atoms in total. The molecule has 1 aliphatic heterocycles. The molecule has 1 radical (unpaired) electrons. The van der Waals surface area contributed by atoms with E-state index in [0.29, 0.717) is 6.23 Å². The average Bonchev–Trinajstić information content (AvgIpc) is 2.74. The van der Waals surface area contributed by atoms with Gasteiger partial charge in [-0.3, -0.25) is 5.32 Å². The molecule has 57 valence electrons. The Hall–Kier alpha value is -0.0800. The standard InChI is InChI=1S/C8H14NO/c1-2-6-10-8(3-1)9-7-4-5-7/h8-9H,1-6H2. The minimum Gasteiger partial charge on any atom is -0.363 e. The van der Waals surface area contributed by atoms with Gasteiger partial charge in [-0.2, -0.15) is 0 Å². The second kappa shape index (κ2) is 2.89. The van der Waals surface area contributed by atoms with Crippen LogP contribution in [0.15, 0.2) is 0 Å². The summed E-state index contributed by atoms with van der Waals surface area (Å²) in [7, 11) is 0. The van der Waals surface area contributed by atoms with Crippen molar-refractivity contribution < 1.29 is 4.74 Å². The van der Waals surface area contributed by atoms with E-state index in [2.05, 4.69) is 5.32 Å². The minimum atomic E-state index is 0.353. The lowest BCUT2D eigenvalue weighted by molar-refractivity contribution is -0.000913. The first kappa shape index (κ1) is 6.62. The van der Waals surface area contributed by atoms with Crippen LogP contribution >= 0.6 is 0 Å². The summed E-state index contributed by atoms with van der Waals surface area (Å²) < 4.78 is 5.50. The monoisotopic (exact) mass is 140 g/mol. The van der Waals surface area contributed by atoms with Crippen molar-refractivity contribution in [2.45, 2.75) is 38.3 Å². The molecule has 1 atom stereocenters. The molecule has 1 saturated carbocycles. The van der Waals surface area contributed by atoms with Crippen LogP contribution in [-0.2, 0) is 4.74 Å². The molecular formula is C8H14NO. The molecular weight excluding hydrogens is 126 g/mol. The molecule has 1 saturated heterocycles. The number of rotatable bonds is 2. The summed E-state index contributed by atoms with van der Waals surface area (Å²) in [6.45, 7) is 0.949. The summed E-state index contributed by atoms with van der Waals surface area (Å²) in [4.78, 5) is 0. The molecule has 2 heteroatoms. The van der Waals surface area contributed by atoms with E-state index in [9.17, 15) is 0 Å². The normalized spacial score (nSPS) is 34.2. The summed E-state index contributed by atoms with van der Waals surface area (Å²) in [5.41, 5.74) is 0. The Balaban J connectivity index is 1.69. The zero-order valence-electron chi connectivity index (χ0n) is 6.23. The van der Waals surface area contributed by atoms with Crippen molar-refractivity contribution in [1.82, 2.24) is 5.32 Å². The number of ether oxygens (including phenoxy) is 1. The fourth-order valence-electron chi connectivity index (χ4n) is 1.29. The van der Waals surface area contributed by atoms with Crippen LogP contribution in [0.1, 0.15) is 32.1 Å². The smallest absolute Gasteiger partial charge is 0.108 e. The van der Waals surface area contributed by atoms with Crippen LogP contribution in [0.2, 0.25) is 0 Å². The molecule has 1 heterocycles. The van der Waals surface area contributed by atoms with E-state index in [4.69, 9.17) is 4.74 Å². The fraction of sp³-hybridized carbons (Fsp3) is 0.875. The quantitative estimate of drug-likeness (QED) is 0.626. The third-order valence-electron chi connectivity index (χ3n) is 2.04. The maximum Gasteiger partial charge on any atom is 0.108 e. The van der Waals surface area contributed by atoms with Crippen LogP contribution in [-0.4, -0.2) is 12.8 Å². The van der Waals surface area contributed by atoms with Crippen molar-refractivity contribution in [2.75, 3.05) is 6.61 Å². The van der Waals surface area contributed by atoms with Gasteiger partial charge in [-0.1, -0.05) is 0 Å². The van der Waals surface area contributed by atoms with E-state index in [1.165, 1.54) is 38.1 Å². The van der Waals surface area contributed by atoms with Gasteiger partial charge in [0.15, 0.2) is 0 Å². The first-order chi connectivity index (χ1) is 4.95. The maximum atomic E-state index is 5.50. The van der Waals surface area contributed by atoms with Crippen LogP contribution in [0.3, 0.4) is 0 Å². The molecule has 0 aromatic heterocycles. The van der Waals surface area contributed by atoms with Crippen molar-refractivity contribution in [3.63, 3.8) is 0 Å². The van der Waals surface area contributed by atoms with Crippen LogP contribution < -0.4 is 5.32 Å². The van der Waals surface area contributed by atoms with Crippen LogP contribution in [0.25, 0.3) is 0 Å². The first-order valence-electron chi connectivity index (χ1n) is 4.18. The van der Waals surface area contributed by atoms with Crippen molar-refractivity contribution in [3.8, 4) is 0 Å². The number of hydrogen-bond acceptors (Lipinski definition) is 2. The van der Waals surface area contributed by atoms with Gasteiger partial charge in [0.2, 0.25) is 0 Å². The third kappa shape index (κ3) is 1.70. The van der Waals surface area contributed by atoms with Gasteiger partial charge in [0.05, 0.1) is 0 Å². The highest BCUT2D eigenvalue weighted by molar-refractivity contribution is 5.02. The predicted molar refractivity (Wildman–Crippen MR) is 39.2 cm³/mol. The van der Waals surface area contributed by atoms with E-state index < -0.39 is 0 Å². The third-order valence-corrected chi connectivity index (χ3v) is 2.04. The van der Waals surface area contributed by atoms with E-state index in [1.807, 2.05) is 0 Å². The molecule has 1 unspecified atom stereocenters. The SMILES string of the molecule is C1CCC(N[C]2CC2)OC1. The van der Waals surface area contributed by atoms with Gasteiger partial charge in [-0.05, 0) is 32.1 Å². The van der Waals surface area contributed by atoms with Crippen molar-refractivity contribution in [2.24, 2.45) is 0 Å². The Bertz CT molecular complexity index is 106. The largest absolute Gasteiger partial charge is 0.363 e. The molecule has 1 N–H and O–H groups in total. The van der Waals surface area contributed by atoms with Gasteiger partial charge in [0, 0.05) is 12.6 Å². The Kier molecular flexibility index (Phi) is 1.91. The first-order valence-corrected chi connectivity index (χ1v) is 4.18. The van der Waals surface area contributed by atoms with Gasteiger partial charge in [0.1, 0.15) is 6.23 Å². The molecule has 1 aliphatic carbocycles. The Morgan fingerprint density at radius 2 is 2.20 bits per heavy atom. The summed E-state index contributed by atoms with van der Waals surface area (Å²) in [5.74, 6) is 0. The highest BCUT2D eigenvalue weighted by Crippen LogP contribution is 2.29. The van der Waals surface area contributed by atoms with Gasteiger partial charge in [0.25, 0.3) is 0 Å². The van der Waals surface area contributed by atoms with Crippen LogP contribution in [0.4, 0.5) is 0 Å². The molecule has 0 aromatic rings. The highest BCUT2D eigenvalue weighted by atomic mass is 16.5. The molecule has 10 heavy (non-hydrogen) atoms. The minimum absolute atomic E-state index is 0.353. The Morgan fingerprint density at radius 1 is 1.30 bits per heavy atom. The second-order valence-electron chi connectivity index (χ2n) is 3.10.